The molecule has 23 heavy (non-hydrogen) atoms. The Morgan fingerprint density at radius 1 is 1.30 bits per heavy atom. The molecule has 124 valence electrons. The van der Waals surface area contributed by atoms with Gasteiger partial charge in [-0.2, -0.15) is 0 Å². The van der Waals surface area contributed by atoms with Gasteiger partial charge in [-0.3, -0.25) is 4.98 Å². The molecule has 0 amide bonds. The van der Waals surface area contributed by atoms with Crippen LogP contribution in [0.25, 0.3) is 0 Å². The topological polar surface area (TPSA) is 43.4 Å². The van der Waals surface area contributed by atoms with Crippen LogP contribution in [0.2, 0.25) is 0 Å². The molecule has 0 bridgehead atoms. The zero-order valence-electron chi connectivity index (χ0n) is 13.8. The van der Waals surface area contributed by atoms with E-state index in [-0.39, 0.29) is 0 Å². The maximum atomic E-state index is 5.91. The van der Waals surface area contributed by atoms with Crippen molar-refractivity contribution in [2.24, 2.45) is 0 Å². The zero-order chi connectivity index (χ0) is 16.7. The summed E-state index contributed by atoms with van der Waals surface area (Å²) in [6.07, 6.45) is 4.65. The smallest absolute Gasteiger partial charge is 0.175 e. The zero-order valence-corrected chi connectivity index (χ0v) is 15.4. The van der Waals surface area contributed by atoms with Gasteiger partial charge in [0.15, 0.2) is 11.5 Å². The number of pyridine rings is 1. The van der Waals surface area contributed by atoms with E-state index in [0.29, 0.717) is 18.4 Å². The lowest BCUT2D eigenvalue weighted by atomic mass is 10.1. The van der Waals surface area contributed by atoms with Crippen molar-refractivity contribution in [3.05, 3.63) is 52.3 Å². The van der Waals surface area contributed by atoms with Crippen LogP contribution in [0.5, 0.6) is 11.5 Å². The molecule has 1 heterocycles. The van der Waals surface area contributed by atoms with Crippen molar-refractivity contribution in [3.8, 4) is 11.5 Å². The minimum atomic E-state index is 0.452. The van der Waals surface area contributed by atoms with Gasteiger partial charge in [0.25, 0.3) is 0 Å². The summed E-state index contributed by atoms with van der Waals surface area (Å²) in [6, 6.07) is 8.45. The van der Waals surface area contributed by atoms with E-state index in [4.69, 9.17) is 9.47 Å². The van der Waals surface area contributed by atoms with Gasteiger partial charge >= 0.3 is 0 Å². The van der Waals surface area contributed by atoms with Gasteiger partial charge < -0.3 is 14.8 Å². The van der Waals surface area contributed by atoms with Gasteiger partial charge in [-0.15, -0.1) is 0 Å². The summed E-state index contributed by atoms with van der Waals surface area (Å²) in [5.74, 6) is 1.44. The number of nitrogens with one attached hydrogen (secondary N) is 1. The average molecular weight is 379 g/mol. The van der Waals surface area contributed by atoms with Gasteiger partial charge in [0.2, 0.25) is 0 Å². The summed E-state index contributed by atoms with van der Waals surface area (Å²) in [4.78, 5) is 4.09. The third kappa shape index (κ3) is 5.22. The van der Waals surface area contributed by atoms with Crippen molar-refractivity contribution in [3.63, 3.8) is 0 Å². The van der Waals surface area contributed by atoms with Gasteiger partial charge in [-0.1, -0.05) is 13.0 Å². The van der Waals surface area contributed by atoms with Crippen molar-refractivity contribution in [1.82, 2.24) is 10.3 Å². The van der Waals surface area contributed by atoms with Crippen LogP contribution in [0.1, 0.15) is 31.4 Å². The van der Waals surface area contributed by atoms with Crippen LogP contribution in [-0.4, -0.2) is 18.1 Å². The first-order valence-electron chi connectivity index (χ1n) is 7.75. The molecule has 2 rings (SSSR count). The van der Waals surface area contributed by atoms with Crippen molar-refractivity contribution in [2.45, 2.75) is 39.5 Å². The van der Waals surface area contributed by atoms with Crippen LogP contribution < -0.4 is 14.8 Å². The quantitative estimate of drug-likeness (QED) is 0.742. The summed E-state index contributed by atoms with van der Waals surface area (Å²) >= 11 is 3.59. The minimum absolute atomic E-state index is 0.452. The number of benzene rings is 1. The normalized spacial score (nSPS) is 12.0. The molecule has 0 aliphatic heterocycles. The van der Waals surface area contributed by atoms with E-state index in [1.165, 1.54) is 0 Å². The SMILES string of the molecule is CC[C@H](C)NCc1cc(Br)c(OCc2cccnc2)c(OC)c1. The number of halogens is 1. The van der Waals surface area contributed by atoms with Crippen molar-refractivity contribution < 1.29 is 9.47 Å². The third-order valence-corrected chi connectivity index (χ3v) is 4.25. The Balaban J connectivity index is 2.10. The maximum absolute atomic E-state index is 5.91. The van der Waals surface area contributed by atoms with Gasteiger partial charge in [0.1, 0.15) is 6.61 Å². The fraction of sp³-hybridized carbons (Fsp3) is 0.389. The van der Waals surface area contributed by atoms with Crippen LogP contribution in [-0.2, 0) is 13.2 Å². The van der Waals surface area contributed by atoms with Crippen LogP contribution in [0.3, 0.4) is 0 Å². The number of aromatic nitrogens is 1. The van der Waals surface area contributed by atoms with E-state index in [2.05, 4.69) is 46.1 Å². The molecule has 4 nitrogen and oxygen atoms in total. The molecule has 0 radical (unpaired) electrons. The van der Waals surface area contributed by atoms with Crippen molar-refractivity contribution >= 4 is 15.9 Å². The molecule has 0 saturated carbocycles. The van der Waals surface area contributed by atoms with Crippen molar-refractivity contribution in [1.29, 1.82) is 0 Å². The molecule has 1 N–H and O–H groups in total. The highest BCUT2D eigenvalue weighted by Crippen LogP contribution is 2.37. The molecule has 1 aromatic carbocycles. The summed E-state index contributed by atoms with van der Waals surface area (Å²) in [5, 5.41) is 3.48. The number of hydrogen-bond acceptors (Lipinski definition) is 4. The van der Waals surface area contributed by atoms with Crippen molar-refractivity contribution in [2.75, 3.05) is 7.11 Å². The molecule has 2 aromatic rings. The second-order valence-electron chi connectivity index (χ2n) is 5.45. The molecule has 0 spiro atoms. The lowest BCUT2D eigenvalue weighted by Gasteiger charge is -2.16. The Kier molecular flexibility index (Phi) is 6.86. The number of nitrogens with zero attached hydrogens (tertiary/aromatic N) is 1. The number of methoxy groups -OCH3 is 1. The Morgan fingerprint density at radius 2 is 2.13 bits per heavy atom. The summed E-state index contributed by atoms with van der Waals surface area (Å²) in [7, 11) is 1.66. The average Bonchev–Trinajstić information content (AvgIpc) is 2.59. The Hall–Kier alpha value is -1.59. The summed E-state index contributed by atoms with van der Waals surface area (Å²) < 4.78 is 12.3. The molecule has 0 aliphatic rings. The van der Waals surface area contributed by atoms with Gasteiger partial charge in [-0.05, 0) is 53.0 Å². The molecular weight excluding hydrogens is 356 g/mol. The first-order valence-corrected chi connectivity index (χ1v) is 8.54. The highest BCUT2D eigenvalue weighted by Gasteiger charge is 2.12. The molecule has 0 fully saturated rings. The Morgan fingerprint density at radius 3 is 2.78 bits per heavy atom. The highest BCUT2D eigenvalue weighted by atomic mass is 79.9. The van der Waals surface area contributed by atoms with E-state index in [0.717, 1.165) is 34.3 Å². The standard InChI is InChI=1S/C18H23BrN2O2/c1-4-13(2)21-11-15-8-16(19)18(17(9-15)22-3)23-12-14-6-5-7-20-10-14/h5-10,13,21H,4,11-12H2,1-3H3/t13-/m0/s1. The number of rotatable bonds is 8. The van der Waals surface area contributed by atoms with E-state index < -0.39 is 0 Å². The second kappa shape index (κ2) is 8.89. The van der Waals surface area contributed by atoms with Gasteiger partial charge in [-0.25, -0.2) is 0 Å². The number of ether oxygens (including phenoxy) is 2. The van der Waals surface area contributed by atoms with Gasteiger partial charge in [0, 0.05) is 30.5 Å². The Labute approximate surface area is 146 Å². The second-order valence-corrected chi connectivity index (χ2v) is 6.30. The molecule has 0 unspecified atom stereocenters. The highest BCUT2D eigenvalue weighted by molar-refractivity contribution is 9.10. The Bertz CT molecular complexity index is 620. The maximum Gasteiger partial charge on any atom is 0.175 e. The third-order valence-electron chi connectivity index (χ3n) is 3.66. The molecule has 1 aromatic heterocycles. The van der Waals surface area contributed by atoms with E-state index in [1.807, 2.05) is 18.2 Å². The first kappa shape index (κ1) is 17.8. The minimum Gasteiger partial charge on any atom is -0.493 e. The first-order chi connectivity index (χ1) is 11.1. The molecule has 0 saturated heterocycles. The van der Waals surface area contributed by atoms with Crippen LogP contribution in [0.4, 0.5) is 0 Å². The van der Waals surface area contributed by atoms with Crippen LogP contribution in [0, 0.1) is 0 Å². The fourth-order valence-electron chi connectivity index (χ4n) is 2.09. The van der Waals surface area contributed by atoms with Crippen LogP contribution >= 0.6 is 15.9 Å². The fourth-order valence-corrected chi connectivity index (χ4v) is 2.69. The monoisotopic (exact) mass is 378 g/mol. The molecule has 5 heteroatoms. The predicted octanol–water partition coefficient (Wildman–Crippen LogP) is 4.32. The largest absolute Gasteiger partial charge is 0.493 e. The van der Waals surface area contributed by atoms with E-state index in [1.54, 1.807) is 19.5 Å². The van der Waals surface area contributed by atoms with E-state index in [9.17, 15) is 0 Å². The molecule has 0 aliphatic carbocycles. The number of hydrogen-bond donors (Lipinski definition) is 1. The van der Waals surface area contributed by atoms with Gasteiger partial charge in [0.05, 0.1) is 11.6 Å². The van der Waals surface area contributed by atoms with Crippen LogP contribution in [0.15, 0.2) is 41.1 Å². The predicted molar refractivity (Wildman–Crippen MR) is 95.9 cm³/mol. The molecular formula is C18H23BrN2O2. The lowest BCUT2D eigenvalue weighted by molar-refractivity contribution is 0.282. The lowest BCUT2D eigenvalue weighted by Crippen LogP contribution is -2.24. The van der Waals surface area contributed by atoms with E-state index >= 15 is 0 Å². The molecule has 1 atom stereocenters. The summed E-state index contributed by atoms with van der Waals surface area (Å²) in [5.41, 5.74) is 2.17. The summed E-state index contributed by atoms with van der Waals surface area (Å²) in [6.45, 7) is 5.60.